The summed E-state index contributed by atoms with van der Waals surface area (Å²) >= 11 is 1.74. The molecule has 0 saturated carbocycles. The Morgan fingerprint density at radius 3 is 2.60 bits per heavy atom. The van der Waals surface area contributed by atoms with Crippen molar-refractivity contribution in [2.45, 2.75) is 46.6 Å². The average molecular weight is 226 g/mol. The number of nitrogens with one attached hydrogen (secondary N) is 1. The van der Waals surface area contributed by atoms with Gasteiger partial charge in [0.25, 0.3) is 0 Å². The fourth-order valence-corrected chi connectivity index (χ4v) is 2.31. The van der Waals surface area contributed by atoms with E-state index >= 15 is 0 Å². The van der Waals surface area contributed by atoms with Gasteiger partial charge in [0.05, 0.1) is 16.7 Å². The van der Waals surface area contributed by atoms with Crippen LogP contribution in [0.5, 0.6) is 0 Å². The molecule has 1 heterocycles. The number of nitrogens with zero attached hydrogens (tertiary/aromatic N) is 1. The minimum Gasteiger partial charge on any atom is -0.309 e. The fraction of sp³-hybridized carbons (Fsp3) is 0.750. The summed E-state index contributed by atoms with van der Waals surface area (Å²) in [6.45, 7) is 9.78. The van der Waals surface area contributed by atoms with Crippen molar-refractivity contribution in [1.82, 2.24) is 10.3 Å². The Morgan fingerprint density at radius 1 is 1.40 bits per heavy atom. The molecule has 0 aliphatic heterocycles. The number of aromatic nitrogens is 1. The summed E-state index contributed by atoms with van der Waals surface area (Å²) in [5, 5.41) is 6.86. The van der Waals surface area contributed by atoms with Gasteiger partial charge in [-0.2, -0.15) is 0 Å². The van der Waals surface area contributed by atoms with Crippen molar-refractivity contribution >= 4 is 11.3 Å². The standard InChI is InChI=1S/C12H22N2S/c1-5-13-11(7-6-9(2)3)12-8-15-10(4)14-12/h8-9,11,13H,5-7H2,1-4H3. The largest absolute Gasteiger partial charge is 0.309 e. The van der Waals surface area contributed by atoms with Crippen molar-refractivity contribution in [3.8, 4) is 0 Å². The molecule has 86 valence electrons. The first kappa shape index (κ1) is 12.7. The molecular formula is C12H22N2S. The van der Waals surface area contributed by atoms with Crippen LogP contribution < -0.4 is 5.32 Å². The molecule has 0 spiro atoms. The van der Waals surface area contributed by atoms with Gasteiger partial charge in [0, 0.05) is 5.38 Å². The van der Waals surface area contributed by atoms with E-state index in [4.69, 9.17) is 0 Å². The molecule has 1 atom stereocenters. The van der Waals surface area contributed by atoms with Gasteiger partial charge in [-0.1, -0.05) is 20.8 Å². The summed E-state index contributed by atoms with van der Waals surface area (Å²) in [5.41, 5.74) is 1.22. The van der Waals surface area contributed by atoms with E-state index in [-0.39, 0.29) is 0 Å². The van der Waals surface area contributed by atoms with Crippen molar-refractivity contribution in [3.05, 3.63) is 16.1 Å². The van der Waals surface area contributed by atoms with Crippen LogP contribution in [0, 0.1) is 12.8 Å². The first-order chi connectivity index (χ1) is 7.13. The maximum atomic E-state index is 4.56. The first-order valence-electron chi connectivity index (χ1n) is 5.78. The van der Waals surface area contributed by atoms with Crippen molar-refractivity contribution < 1.29 is 0 Å². The summed E-state index contributed by atoms with van der Waals surface area (Å²) in [6, 6.07) is 0.447. The summed E-state index contributed by atoms with van der Waals surface area (Å²) in [4.78, 5) is 4.56. The fourth-order valence-electron chi connectivity index (χ4n) is 1.64. The predicted octanol–water partition coefficient (Wildman–Crippen LogP) is 3.54. The Morgan fingerprint density at radius 2 is 2.13 bits per heavy atom. The lowest BCUT2D eigenvalue weighted by atomic mass is 10.0. The minimum absolute atomic E-state index is 0.447. The Bertz CT molecular complexity index is 281. The van der Waals surface area contributed by atoms with E-state index in [1.165, 1.54) is 18.5 Å². The van der Waals surface area contributed by atoms with Crippen LogP contribution >= 0.6 is 11.3 Å². The summed E-state index contributed by atoms with van der Waals surface area (Å²) in [6.07, 6.45) is 2.45. The van der Waals surface area contributed by atoms with Crippen LogP contribution in [0.25, 0.3) is 0 Å². The monoisotopic (exact) mass is 226 g/mol. The third-order valence-electron chi connectivity index (χ3n) is 2.48. The first-order valence-corrected chi connectivity index (χ1v) is 6.66. The normalized spacial score (nSPS) is 13.4. The maximum Gasteiger partial charge on any atom is 0.0898 e. The second-order valence-corrected chi connectivity index (χ2v) is 5.44. The number of thiazole rings is 1. The van der Waals surface area contributed by atoms with E-state index in [0.717, 1.165) is 17.5 Å². The molecule has 1 rings (SSSR count). The molecule has 0 fully saturated rings. The van der Waals surface area contributed by atoms with Gasteiger partial charge in [-0.15, -0.1) is 11.3 Å². The Labute approximate surface area is 97.1 Å². The SMILES string of the molecule is CCNC(CCC(C)C)c1csc(C)n1. The zero-order chi connectivity index (χ0) is 11.3. The highest BCUT2D eigenvalue weighted by atomic mass is 32.1. The van der Waals surface area contributed by atoms with Crippen LogP contribution in [0.4, 0.5) is 0 Å². The number of rotatable bonds is 6. The number of hydrogen-bond acceptors (Lipinski definition) is 3. The minimum atomic E-state index is 0.447. The lowest BCUT2D eigenvalue weighted by Crippen LogP contribution is -2.21. The zero-order valence-electron chi connectivity index (χ0n) is 10.2. The van der Waals surface area contributed by atoms with Gasteiger partial charge < -0.3 is 5.32 Å². The molecule has 0 aliphatic carbocycles. The van der Waals surface area contributed by atoms with Crippen LogP contribution in [0.1, 0.15) is 50.4 Å². The zero-order valence-corrected chi connectivity index (χ0v) is 11.0. The predicted molar refractivity (Wildman–Crippen MR) is 67.3 cm³/mol. The van der Waals surface area contributed by atoms with Crippen LogP contribution in [-0.2, 0) is 0 Å². The highest BCUT2D eigenvalue weighted by Gasteiger charge is 2.13. The average Bonchev–Trinajstić information content (AvgIpc) is 2.59. The maximum absolute atomic E-state index is 4.56. The lowest BCUT2D eigenvalue weighted by molar-refractivity contribution is 0.442. The smallest absolute Gasteiger partial charge is 0.0898 e. The van der Waals surface area contributed by atoms with Gasteiger partial charge in [-0.3, -0.25) is 0 Å². The van der Waals surface area contributed by atoms with Gasteiger partial charge in [0.15, 0.2) is 0 Å². The van der Waals surface area contributed by atoms with Gasteiger partial charge in [0.1, 0.15) is 0 Å². The third kappa shape index (κ3) is 4.31. The van der Waals surface area contributed by atoms with Gasteiger partial charge in [-0.25, -0.2) is 4.98 Å². The van der Waals surface area contributed by atoms with Crippen LogP contribution in [-0.4, -0.2) is 11.5 Å². The topological polar surface area (TPSA) is 24.9 Å². The summed E-state index contributed by atoms with van der Waals surface area (Å²) < 4.78 is 0. The second kappa shape index (κ2) is 6.23. The number of aryl methyl sites for hydroxylation is 1. The van der Waals surface area contributed by atoms with E-state index < -0.39 is 0 Å². The van der Waals surface area contributed by atoms with Crippen LogP contribution in [0.15, 0.2) is 5.38 Å². The highest BCUT2D eigenvalue weighted by molar-refractivity contribution is 7.09. The van der Waals surface area contributed by atoms with Crippen molar-refractivity contribution in [2.24, 2.45) is 5.92 Å². The van der Waals surface area contributed by atoms with Gasteiger partial charge >= 0.3 is 0 Å². The molecule has 3 heteroatoms. The molecule has 0 radical (unpaired) electrons. The molecule has 0 amide bonds. The Balaban J connectivity index is 2.57. The number of hydrogen-bond donors (Lipinski definition) is 1. The molecule has 15 heavy (non-hydrogen) atoms. The van der Waals surface area contributed by atoms with E-state index in [0.29, 0.717) is 6.04 Å². The molecule has 1 N–H and O–H groups in total. The molecule has 1 unspecified atom stereocenters. The molecule has 1 aromatic rings. The molecule has 0 aromatic carbocycles. The molecular weight excluding hydrogens is 204 g/mol. The molecule has 2 nitrogen and oxygen atoms in total. The van der Waals surface area contributed by atoms with E-state index in [1.54, 1.807) is 11.3 Å². The molecule has 0 bridgehead atoms. The third-order valence-corrected chi connectivity index (χ3v) is 3.27. The molecule has 0 aliphatic rings. The van der Waals surface area contributed by atoms with Gasteiger partial charge in [0.2, 0.25) is 0 Å². The quantitative estimate of drug-likeness (QED) is 0.802. The Kier molecular flexibility index (Phi) is 5.26. The van der Waals surface area contributed by atoms with Crippen molar-refractivity contribution in [1.29, 1.82) is 0 Å². The van der Waals surface area contributed by atoms with E-state index in [1.807, 2.05) is 0 Å². The molecule has 1 aromatic heterocycles. The lowest BCUT2D eigenvalue weighted by Gasteiger charge is -2.16. The van der Waals surface area contributed by atoms with E-state index in [9.17, 15) is 0 Å². The van der Waals surface area contributed by atoms with Crippen molar-refractivity contribution in [3.63, 3.8) is 0 Å². The van der Waals surface area contributed by atoms with Crippen molar-refractivity contribution in [2.75, 3.05) is 6.54 Å². The van der Waals surface area contributed by atoms with Gasteiger partial charge in [-0.05, 0) is 32.2 Å². The molecule has 0 saturated heterocycles. The van der Waals surface area contributed by atoms with Crippen LogP contribution in [0.2, 0.25) is 0 Å². The summed E-state index contributed by atoms with van der Waals surface area (Å²) in [7, 11) is 0. The van der Waals surface area contributed by atoms with E-state index in [2.05, 4.69) is 43.4 Å². The second-order valence-electron chi connectivity index (χ2n) is 4.37. The Hall–Kier alpha value is -0.410. The highest BCUT2D eigenvalue weighted by Crippen LogP contribution is 2.22. The van der Waals surface area contributed by atoms with Crippen LogP contribution in [0.3, 0.4) is 0 Å². The summed E-state index contributed by atoms with van der Waals surface area (Å²) in [5.74, 6) is 0.769.